The third kappa shape index (κ3) is 3.16. The van der Waals surface area contributed by atoms with Gasteiger partial charge in [-0.15, -0.1) is 0 Å². The minimum absolute atomic E-state index is 0.00650. The van der Waals surface area contributed by atoms with Crippen LogP contribution >= 0.6 is 0 Å². The van der Waals surface area contributed by atoms with Gasteiger partial charge >= 0.3 is 0 Å². The maximum Gasteiger partial charge on any atom is 0.245 e. The van der Waals surface area contributed by atoms with Gasteiger partial charge in [0.05, 0.1) is 13.1 Å². The van der Waals surface area contributed by atoms with E-state index in [2.05, 4.69) is 9.55 Å². The predicted octanol–water partition coefficient (Wildman–Crippen LogP) is 1.63. The molecule has 130 valence electrons. The Balaban J connectivity index is 1.60. The number of benzene rings is 1. The summed E-state index contributed by atoms with van der Waals surface area (Å²) in [4.78, 5) is 33.1. The van der Waals surface area contributed by atoms with Crippen molar-refractivity contribution in [3.8, 4) is 0 Å². The Kier molecular flexibility index (Phi) is 4.03. The first-order valence-corrected chi connectivity index (χ1v) is 8.73. The first-order valence-electron chi connectivity index (χ1n) is 8.73. The Hall–Kier alpha value is -2.63. The van der Waals surface area contributed by atoms with Gasteiger partial charge in [0.1, 0.15) is 11.9 Å². The summed E-state index contributed by atoms with van der Waals surface area (Å²) in [6, 6.07) is 9.89. The standard InChI is InChI=1S/C19H22N4O2/c1-21-13-18(24)23(12-17-20-9-10-22(17)15-7-8-15)16(19(21)25)11-14-5-3-2-4-6-14/h2-6,9-10,15-16H,7-8,11-13H2,1H3/t16-/m1/s1. The zero-order valence-electron chi connectivity index (χ0n) is 14.3. The molecule has 0 N–H and O–H groups in total. The Labute approximate surface area is 147 Å². The van der Waals surface area contributed by atoms with Crippen LogP contribution in [0.5, 0.6) is 0 Å². The van der Waals surface area contributed by atoms with Crippen molar-refractivity contribution < 1.29 is 9.59 Å². The number of carbonyl (C=O) groups excluding carboxylic acids is 2. The van der Waals surface area contributed by atoms with Crippen LogP contribution < -0.4 is 0 Å². The fourth-order valence-electron chi connectivity index (χ4n) is 3.47. The second kappa shape index (κ2) is 6.35. The lowest BCUT2D eigenvalue weighted by atomic mass is 10.0. The number of likely N-dealkylation sites (N-methyl/N-ethyl adjacent to an activating group) is 1. The Morgan fingerprint density at radius 3 is 2.64 bits per heavy atom. The van der Waals surface area contributed by atoms with Gasteiger partial charge in [0.15, 0.2) is 0 Å². The van der Waals surface area contributed by atoms with Crippen LogP contribution in [0.1, 0.15) is 30.3 Å². The van der Waals surface area contributed by atoms with E-state index in [1.807, 2.05) is 36.5 Å². The highest BCUT2D eigenvalue weighted by molar-refractivity contribution is 5.94. The molecular weight excluding hydrogens is 316 g/mol. The minimum atomic E-state index is -0.474. The molecule has 1 saturated carbocycles. The van der Waals surface area contributed by atoms with Crippen LogP contribution in [-0.2, 0) is 22.6 Å². The monoisotopic (exact) mass is 338 g/mol. The molecule has 0 radical (unpaired) electrons. The fraction of sp³-hybridized carbons (Fsp3) is 0.421. The lowest BCUT2D eigenvalue weighted by molar-refractivity contribution is -0.155. The molecule has 1 saturated heterocycles. The second-order valence-corrected chi connectivity index (χ2v) is 6.90. The van der Waals surface area contributed by atoms with Crippen molar-refractivity contribution in [2.24, 2.45) is 0 Å². The number of rotatable bonds is 5. The molecule has 0 bridgehead atoms. The summed E-state index contributed by atoms with van der Waals surface area (Å²) in [5.74, 6) is 0.840. The van der Waals surface area contributed by atoms with Crippen molar-refractivity contribution >= 4 is 11.8 Å². The average Bonchev–Trinajstić information content (AvgIpc) is 3.35. The maximum atomic E-state index is 12.8. The molecule has 0 spiro atoms. The van der Waals surface area contributed by atoms with Gasteiger partial charge in [-0.25, -0.2) is 4.98 Å². The van der Waals surface area contributed by atoms with E-state index in [4.69, 9.17) is 0 Å². The number of nitrogens with zero attached hydrogens (tertiary/aromatic N) is 4. The molecule has 1 aromatic heterocycles. The normalized spacial score (nSPS) is 21.1. The van der Waals surface area contributed by atoms with Crippen molar-refractivity contribution in [2.45, 2.75) is 37.9 Å². The zero-order chi connectivity index (χ0) is 17.4. The third-order valence-electron chi connectivity index (χ3n) is 5.00. The molecule has 1 aliphatic carbocycles. The summed E-state index contributed by atoms with van der Waals surface area (Å²) < 4.78 is 2.15. The molecule has 1 aliphatic heterocycles. The first kappa shape index (κ1) is 15.9. The van der Waals surface area contributed by atoms with E-state index in [1.54, 1.807) is 18.1 Å². The Morgan fingerprint density at radius 2 is 1.92 bits per heavy atom. The number of hydrogen-bond acceptors (Lipinski definition) is 3. The molecule has 4 rings (SSSR count). The molecule has 2 heterocycles. The van der Waals surface area contributed by atoms with Crippen molar-refractivity contribution in [3.05, 3.63) is 54.1 Å². The molecule has 1 atom stereocenters. The number of amides is 2. The summed E-state index contributed by atoms with van der Waals surface area (Å²) in [5.41, 5.74) is 1.06. The Bertz CT molecular complexity index is 782. The number of imidazole rings is 1. The molecular formula is C19H22N4O2. The largest absolute Gasteiger partial charge is 0.335 e. The van der Waals surface area contributed by atoms with Gasteiger partial charge in [0, 0.05) is 31.9 Å². The second-order valence-electron chi connectivity index (χ2n) is 6.90. The minimum Gasteiger partial charge on any atom is -0.335 e. The molecule has 2 aliphatic rings. The quantitative estimate of drug-likeness (QED) is 0.833. The Morgan fingerprint density at radius 1 is 1.16 bits per heavy atom. The number of piperazine rings is 1. The summed E-state index contributed by atoms with van der Waals surface area (Å²) in [6.45, 7) is 0.522. The fourth-order valence-corrected chi connectivity index (χ4v) is 3.47. The average molecular weight is 338 g/mol. The van der Waals surface area contributed by atoms with Crippen LogP contribution in [0.25, 0.3) is 0 Å². The van der Waals surface area contributed by atoms with Gasteiger partial charge in [-0.3, -0.25) is 9.59 Å². The topological polar surface area (TPSA) is 58.4 Å². The summed E-state index contributed by atoms with van der Waals surface area (Å²) in [6.07, 6.45) is 6.60. The van der Waals surface area contributed by atoms with Crippen LogP contribution in [0.2, 0.25) is 0 Å². The van der Waals surface area contributed by atoms with Gasteiger partial charge in [0.2, 0.25) is 11.8 Å². The zero-order valence-corrected chi connectivity index (χ0v) is 14.3. The third-order valence-corrected chi connectivity index (χ3v) is 5.00. The van der Waals surface area contributed by atoms with E-state index in [1.165, 1.54) is 4.90 Å². The highest BCUT2D eigenvalue weighted by Gasteiger charge is 2.38. The van der Waals surface area contributed by atoms with Crippen LogP contribution in [-0.4, -0.2) is 50.8 Å². The molecule has 6 nitrogen and oxygen atoms in total. The summed E-state index contributed by atoms with van der Waals surface area (Å²) in [5, 5.41) is 0. The highest BCUT2D eigenvalue weighted by Crippen LogP contribution is 2.36. The summed E-state index contributed by atoms with van der Waals surface area (Å²) in [7, 11) is 1.70. The molecule has 25 heavy (non-hydrogen) atoms. The van der Waals surface area contributed by atoms with E-state index in [0.717, 1.165) is 24.2 Å². The van der Waals surface area contributed by atoms with Gasteiger partial charge in [-0.1, -0.05) is 30.3 Å². The number of aromatic nitrogens is 2. The van der Waals surface area contributed by atoms with Gasteiger partial charge in [-0.05, 0) is 18.4 Å². The van der Waals surface area contributed by atoms with Gasteiger partial charge in [-0.2, -0.15) is 0 Å². The van der Waals surface area contributed by atoms with Gasteiger partial charge in [0.25, 0.3) is 0 Å². The molecule has 1 aromatic carbocycles. The highest BCUT2D eigenvalue weighted by atomic mass is 16.2. The van der Waals surface area contributed by atoms with Crippen LogP contribution in [0.15, 0.2) is 42.7 Å². The maximum absolute atomic E-state index is 12.8. The first-order chi connectivity index (χ1) is 12.1. The van der Waals surface area contributed by atoms with E-state index in [0.29, 0.717) is 19.0 Å². The predicted molar refractivity (Wildman–Crippen MR) is 92.6 cm³/mol. The van der Waals surface area contributed by atoms with Crippen molar-refractivity contribution in [3.63, 3.8) is 0 Å². The molecule has 2 aromatic rings. The molecule has 0 unspecified atom stereocenters. The van der Waals surface area contributed by atoms with Crippen LogP contribution in [0, 0.1) is 0 Å². The van der Waals surface area contributed by atoms with E-state index in [-0.39, 0.29) is 18.4 Å². The van der Waals surface area contributed by atoms with Crippen molar-refractivity contribution in [2.75, 3.05) is 13.6 Å². The number of carbonyl (C=O) groups is 2. The molecule has 6 heteroatoms. The lowest BCUT2D eigenvalue weighted by Gasteiger charge is -2.38. The smallest absolute Gasteiger partial charge is 0.245 e. The van der Waals surface area contributed by atoms with E-state index >= 15 is 0 Å². The number of hydrogen-bond donors (Lipinski definition) is 0. The van der Waals surface area contributed by atoms with Crippen LogP contribution in [0.3, 0.4) is 0 Å². The SMILES string of the molecule is CN1CC(=O)N(Cc2nccn2C2CC2)[C@H](Cc2ccccc2)C1=O. The van der Waals surface area contributed by atoms with E-state index in [9.17, 15) is 9.59 Å². The summed E-state index contributed by atoms with van der Waals surface area (Å²) >= 11 is 0. The lowest BCUT2D eigenvalue weighted by Crippen LogP contribution is -2.59. The van der Waals surface area contributed by atoms with Crippen LogP contribution in [0.4, 0.5) is 0 Å². The van der Waals surface area contributed by atoms with Gasteiger partial charge < -0.3 is 14.4 Å². The van der Waals surface area contributed by atoms with Crippen molar-refractivity contribution in [1.29, 1.82) is 0 Å². The molecule has 2 fully saturated rings. The van der Waals surface area contributed by atoms with Crippen molar-refractivity contribution in [1.82, 2.24) is 19.4 Å². The molecule has 2 amide bonds. The van der Waals surface area contributed by atoms with E-state index < -0.39 is 6.04 Å².